The number of carboxylic acids is 1. The maximum absolute atomic E-state index is 12.0. The molecule has 0 saturated heterocycles. The molecule has 1 aliphatic carbocycles. The summed E-state index contributed by atoms with van der Waals surface area (Å²) < 4.78 is 5.38. The molecule has 1 unspecified atom stereocenters. The molecule has 0 aliphatic heterocycles. The molecule has 0 saturated carbocycles. The van der Waals surface area contributed by atoms with Gasteiger partial charge in [0, 0.05) is 12.0 Å². The molecule has 2 aromatic rings. The van der Waals surface area contributed by atoms with Crippen molar-refractivity contribution in [3.63, 3.8) is 0 Å². The zero-order valence-corrected chi connectivity index (χ0v) is 11.9. The first-order valence-corrected chi connectivity index (χ1v) is 7.47. The molecule has 21 heavy (non-hydrogen) atoms. The SMILES string of the molecule is O=C(Nc1sccc1C(=O)O)NC1CCCc2occc21. The number of aryl methyl sites for hydroxylation is 1. The van der Waals surface area contributed by atoms with Crippen LogP contribution in [-0.4, -0.2) is 17.1 Å². The van der Waals surface area contributed by atoms with Gasteiger partial charge >= 0.3 is 12.0 Å². The van der Waals surface area contributed by atoms with Gasteiger partial charge in [0.05, 0.1) is 17.9 Å². The van der Waals surface area contributed by atoms with E-state index in [0.29, 0.717) is 5.00 Å². The van der Waals surface area contributed by atoms with Gasteiger partial charge in [-0.1, -0.05) is 0 Å². The monoisotopic (exact) mass is 306 g/mol. The van der Waals surface area contributed by atoms with Crippen LogP contribution in [0.15, 0.2) is 28.2 Å². The fourth-order valence-electron chi connectivity index (χ4n) is 2.51. The van der Waals surface area contributed by atoms with E-state index in [0.717, 1.165) is 30.6 Å². The highest BCUT2D eigenvalue weighted by atomic mass is 32.1. The van der Waals surface area contributed by atoms with Crippen LogP contribution in [-0.2, 0) is 6.42 Å². The molecule has 0 aromatic carbocycles. The second-order valence-electron chi connectivity index (χ2n) is 4.81. The van der Waals surface area contributed by atoms with E-state index in [9.17, 15) is 9.59 Å². The second-order valence-corrected chi connectivity index (χ2v) is 5.73. The van der Waals surface area contributed by atoms with Gasteiger partial charge in [-0.2, -0.15) is 0 Å². The van der Waals surface area contributed by atoms with Crippen molar-refractivity contribution < 1.29 is 19.1 Å². The fraction of sp³-hybridized carbons (Fsp3) is 0.286. The Hall–Kier alpha value is -2.28. The van der Waals surface area contributed by atoms with Gasteiger partial charge in [0.2, 0.25) is 0 Å². The number of fused-ring (bicyclic) bond motifs is 1. The van der Waals surface area contributed by atoms with Crippen molar-refractivity contribution in [3.05, 3.63) is 40.7 Å². The largest absolute Gasteiger partial charge is 0.478 e. The molecule has 110 valence electrons. The van der Waals surface area contributed by atoms with Crippen molar-refractivity contribution in [1.82, 2.24) is 5.32 Å². The van der Waals surface area contributed by atoms with Crippen LogP contribution in [0.3, 0.4) is 0 Å². The summed E-state index contributed by atoms with van der Waals surface area (Å²) in [5.41, 5.74) is 1.10. The van der Waals surface area contributed by atoms with Gasteiger partial charge in [-0.3, -0.25) is 5.32 Å². The summed E-state index contributed by atoms with van der Waals surface area (Å²) in [6, 6.07) is 2.84. The van der Waals surface area contributed by atoms with E-state index in [4.69, 9.17) is 9.52 Å². The second kappa shape index (κ2) is 5.61. The Morgan fingerprint density at radius 3 is 3.05 bits per heavy atom. The third-order valence-corrected chi connectivity index (χ3v) is 4.31. The molecular weight excluding hydrogens is 292 g/mol. The number of rotatable bonds is 3. The lowest BCUT2D eigenvalue weighted by Crippen LogP contribution is -2.34. The first-order valence-electron chi connectivity index (χ1n) is 6.59. The predicted octanol–water partition coefficient (Wildman–Crippen LogP) is 3.24. The van der Waals surface area contributed by atoms with Crippen LogP contribution in [0.1, 0.15) is 40.6 Å². The smallest absolute Gasteiger partial charge is 0.338 e. The number of carbonyl (C=O) groups excluding carboxylic acids is 1. The molecule has 6 nitrogen and oxygen atoms in total. The normalized spacial score (nSPS) is 17.0. The van der Waals surface area contributed by atoms with E-state index in [-0.39, 0.29) is 11.6 Å². The molecule has 0 spiro atoms. The molecule has 0 fully saturated rings. The highest BCUT2D eigenvalue weighted by Gasteiger charge is 2.24. The minimum Gasteiger partial charge on any atom is -0.478 e. The summed E-state index contributed by atoms with van der Waals surface area (Å²) in [5, 5.41) is 16.5. The lowest BCUT2D eigenvalue weighted by atomic mass is 9.93. The predicted molar refractivity (Wildman–Crippen MR) is 77.8 cm³/mol. The zero-order valence-electron chi connectivity index (χ0n) is 11.1. The number of carboxylic acid groups (broad SMARTS) is 1. The Labute approximate surface area is 124 Å². The number of amides is 2. The third kappa shape index (κ3) is 2.78. The van der Waals surface area contributed by atoms with Crippen LogP contribution < -0.4 is 10.6 Å². The quantitative estimate of drug-likeness (QED) is 0.811. The number of anilines is 1. The van der Waals surface area contributed by atoms with E-state index in [1.165, 1.54) is 17.4 Å². The van der Waals surface area contributed by atoms with Gasteiger partial charge in [-0.25, -0.2) is 9.59 Å². The lowest BCUT2D eigenvalue weighted by Gasteiger charge is -2.22. The molecule has 1 atom stereocenters. The molecular formula is C14H14N2O4S. The maximum Gasteiger partial charge on any atom is 0.338 e. The van der Waals surface area contributed by atoms with Crippen LogP contribution in [0.5, 0.6) is 0 Å². The number of thiophene rings is 1. The number of hydrogen-bond donors (Lipinski definition) is 3. The third-order valence-electron chi connectivity index (χ3n) is 3.48. The van der Waals surface area contributed by atoms with Crippen LogP contribution >= 0.6 is 11.3 Å². The van der Waals surface area contributed by atoms with Crippen molar-refractivity contribution in [2.75, 3.05) is 5.32 Å². The van der Waals surface area contributed by atoms with Gasteiger partial charge in [0.1, 0.15) is 10.8 Å². The molecule has 3 rings (SSSR count). The van der Waals surface area contributed by atoms with E-state index in [1.807, 2.05) is 6.07 Å². The average molecular weight is 306 g/mol. The minimum atomic E-state index is -1.05. The number of urea groups is 1. The maximum atomic E-state index is 12.0. The van der Waals surface area contributed by atoms with Gasteiger partial charge in [-0.15, -0.1) is 11.3 Å². The van der Waals surface area contributed by atoms with E-state index < -0.39 is 12.0 Å². The summed E-state index contributed by atoms with van der Waals surface area (Å²) in [6.07, 6.45) is 4.31. The number of furan rings is 1. The Morgan fingerprint density at radius 1 is 1.38 bits per heavy atom. The molecule has 2 aromatic heterocycles. The number of nitrogens with one attached hydrogen (secondary N) is 2. The number of carbonyl (C=O) groups is 2. The van der Waals surface area contributed by atoms with Gasteiger partial charge in [-0.05, 0) is 30.4 Å². The summed E-state index contributed by atoms with van der Waals surface area (Å²) >= 11 is 1.18. The van der Waals surface area contributed by atoms with Crippen LogP contribution in [0.4, 0.5) is 9.80 Å². The summed E-state index contributed by atoms with van der Waals surface area (Å²) in [5.74, 6) is -0.143. The molecule has 0 radical (unpaired) electrons. The molecule has 2 amide bonds. The Kier molecular flexibility index (Phi) is 3.66. The standard InChI is InChI=1S/C14H14N2O4S/c17-13(18)9-5-7-21-12(9)16-14(19)15-10-2-1-3-11-8(10)4-6-20-11/h4-7,10H,1-3H2,(H,17,18)(H2,15,16,19). The first kappa shape index (κ1) is 13.7. The molecule has 2 heterocycles. The zero-order chi connectivity index (χ0) is 14.8. The first-order chi connectivity index (χ1) is 10.1. The van der Waals surface area contributed by atoms with Crippen LogP contribution in [0, 0.1) is 0 Å². The minimum absolute atomic E-state index is 0.0965. The highest BCUT2D eigenvalue weighted by Crippen LogP contribution is 2.30. The van der Waals surface area contributed by atoms with E-state index in [1.54, 1.807) is 11.6 Å². The molecule has 0 bridgehead atoms. The molecule has 1 aliphatic rings. The van der Waals surface area contributed by atoms with Gasteiger partial charge < -0.3 is 14.8 Å². The van der Waals surface area contributed by atoms with Crippen molar-refractivity contribution in [2.24, 2.45) is 0 Å². The summed E-state index contributed by atoms with van der Waals surface area (Å²) in [6.45, 7) is 0. The van der Waals surface area contributed by atoms with Crippen LogP contribution in [0.25, 0.3) is 0 Å². The van der Waals surface area contributed by atoms with Gasteiger partial charge in [0.15, 0.2) is 0 Å². The molecule has 3 N–H and O–H groups in total. The fourth-order valence-corrected chi connectivity index (χ4v) is 3.28. The Balaban J connectivity index is 1.68. The topological polar surface area (TPSA) is 91.6 Å². The van der Waals surface area contributed by atoms with Crippen molar-refractivity contribution in [3.8, 4) is 0 Å². The molecule has 7 heteroatoms. The Morgan fingerprint density at radius 2 is 2.24 bits per heavy atom. The van der Waals surface area contributed by atoms with Crippen molar-refractivity contribution >= 4 is 28.3 Å². The lowest BCUT2D eigenvalue weighted by molar-refractivity contribution is 0.0698. The van der Waals surface area contributed by atoms with E-state index >= 15 is 0 Å². The van der Waals surface area contributed by atoms with Crippen molar-refractivity contribution in [1.29, 1.82) is 0 Å². The number of hydrogen-bond acceptors (Lipinski definition) is 4. The average Bonchev–Trinajstić information content (AvgIpc) is 3.07. The van der Waals surface area contributed by atoms with Crippen molar-refractivity contribution in [2.45, 2.75) is 25.3 Å². The highest BCUT2D eigenvalue weighted by molar-refractivity contribution is 7.14. The van der Waals surface area contributed by atoms with Gasteiger partial charge in [0.25, 0.3) is 0 Å². The number of aromatic carboxylic acids is 1. The Bertz CT molecular complexity index is 676. The van der Waals surface area contributed by atoms with Crippen LogP contribution in [0.2, 0.25) is 0 Å². The summed E-state index contributed by atoms with van der Waals surface area (Å²) in [7, 11) is 0. The summed E-state index contributed by atoms with van der Waals surface area (Å²) in [4.78, 5) is 23.1. The van der Waals surface area contributed by atoms with E-state index in [2.05, 4.69) is 10.6 Å².